The van der Waals surface area contributed by atoms with E-state index in [9.17, 15) is 14.4 Å². The number of fused-ring (bicyclic) bond motifs is 1. The molecule has 0 amide bonds. The van der Waals surface area contributed by atoms with E-state index in [0.29, 0.717) is 5.56 Å². The Morgan fingerprint density at radius 3 is 1.86 bits per heavy atom. The summed E-state index contributed by atoms with van der Waals surface area (Å²) < 4.78 is 15.5. The normalized spacial score (nSPS) is 23.2. The average Bonchev–Trinajstić information content (AvgIpc) is 2.72. The SMILES string of the molecule is COC(=O)[C@@H]1[C@H](c2ccccc2)c2ccccc2C(OC(C)=O)[C@@H]1C(=O)OC. The number of carbonyl (C=O) groups excluding carboxylic acids is 3. The molecule has 0 heterocycles. The molecule has 6 heteroatoms. The van der Waals surface area contributed by atoms with Gasteiger partial charge in [0, 0.05) is 12.8 Å². The number of methoxy groups -OCH3 is 2. The van der Waals surface area contributed by atoms with Gasteiger partial charge in [-0.1, -0.05) is 54.6 Å². The van der Waals surface area contributed by atoms with Gasteiger partial charge >= 0.3 is 17.9 Å². The molecule has 28 heavy (non-hydrogen) atoms. The second-order valence-corrected chi connectivity index (χ2v) is 6.65. The third-order valence-corrected chi connectivity index (χ3v) is 5.11. The summed E-state index contributed by atoms with van der Waals surface area (Å²) in [5.74, 6) is -4.11. The van der Waals surface area contributed by atoms with E-state index >= 15 is 0 Å². The highest BCUT2D eigenvalue weighted by Crippen LogP contribution is 2.50. The molecule has 0 bridgehead atoms. The van der Waals surface area contributed by atoms with Gasteiger partial charge in [-0.25, -0.2) is 0 Å². The Kier molecular flexibility index (Phi) is 5.78. The molecule has 2 aromatic carbocycles. The zero-order chi connectivity index (χ0) is 20.3. The minimum absolute atomic E-state index is 0.444. The van der Waals surface area contributed by atoms with Crippen molar-refractivity contribution in [3.63, 3.8) is 0 Å². The largest absolute Gasteiger partial charge is 0.469 e. The Balaban J connectivity index is 2.28. The summed E-state index contributed by atoms with van der Waals surface area (Å²) >= 11 is 0. The molecule has 0 saturated heterocycles. The first-order chi connectivity index (χ1) is 13.5. The Bertz CT molecular complexity index is 876. The van der Waals surface area contributed by atoms with E-state index in [-0.39, 0.29) is 0 Å². The fourth-order valence-electron chi connectivity index (χ4n) is 4.02. The van der Waals surface area contributed by atoms with Gasteiger partial charge in [-0.2, -0.15) is 0 Å². The molecule has 3 rings (SSSR count). The molecule has 0 saturated carbocycles. The summed E-state index contributed by atoms with van der Waals surface area (Å²) in [6.07, 6.45) is -0.940. The van der Waals surface area contributed by atoms with E-state index in [1.165, 1.54) is 21.1 Å². The standard InChI is InChI=1S/C22H22O6/c1-13(23)28-20-16-12-8-7-11-15(16)17(14-9-5-4-6-10-14)18(21(24)26-2)19(20)22(25)27-3/h4-12,17-20H,1-3H3/t17-,18-,19-,20?/m1/s1. The Labute approximate surface area is 163 Å². The van der Waals surface area contributed by atoms with Crippen molar-refractivity contribution in [2.24, 2.45) is 11.8 Å². The fraction of sp³-hybridized carbons (Fsp3) is 0.318. The third kappa shape index (κ3) is 3.50. The van der Waals surface area contributed by atoms with Crippen LogP contribution in [-0.2, 0) is 28.6 Å². The molecule has 1 unspecified atom stereocenters. The minimum Gasteiger partial charge on any atom is -0.469 e. The lowest BCUT2D eigenvalue weighted by molar-refractivity contribution is -0.172. The molecular weight excluding hydrogens is 360 g/mol. The first-order valence-electron chi connectivity index (χ1n) is 8.96. The van der Waals surface area contributed by atoms with Crippen molar-refractivity contribution in [2.45, 2.75) is 18.9 Å². The minimum atomic E-state index is -1.03. The topological polar surface area (TPSA) is 78.9 Å². The first-order valence-corrected chi connectivity index (χ1v) is 8.96. The first kappa shape index (κ1) is 19.6. The van der Waals surface area contributed by atoms with E-state index in [1.807, 2.05) is 54.6 Å². The predicted molar refractivity (Wildman–Crippen MR) is 100 cm³/mol. The maximum absolute atomic E-state index is 12.9. The molecule has 0 aromatic heterocycles. The highest BCUT2D eigenvalue weighted by Gasteiger charge is 2.52. The lowest BCUT2D eigenvalue weighted by Gasteiger charge is -2.41. The second kappa shape index (κ2) is 8.25. The molecule has 0 spiro atoms. The van der Waals surface area contributed by atoms with Crippen molar-refractivity contribution in [1.82, 2.24) is 0 Å². The van der Waals surface area contributed by atoms with Gasteiger partial charge in [-0.3, -0.25) is 14.4 Å². The molecule has 0 N–H and O–H groups in total. The van der Waals surface area contributed by atoms with E-state index in [0.717, 1.165) is 11.1 Å². The lowest BCUT2D eigenvalue weighted by atomic mass is 9.65. The van der Waals surface area contributed by atoms with Crippen molar-refractivity contribution in [3.8, 4) is 0 Å². The molecule has 0 aliphatic heterocycles. The van der Waals surface area contributed by atoms with Gasteiger partial charge < -0.3 is 14.2 Å². The quantitative estimate of drug-likeness (QED) is 0.597. The maximum atomic E-state index is 12.9. The van der Waals surface area contributed by atoms with E-state index in [4.69, 9.17) is 14.2 Å². The third-order valence-electron chi connectivity index (χ3n) is 5.11. The number of ether oxygens (including phenoxy) is 3. The van der Waals surface area contributed by atoms with Crippen LogP contribution in [0.3, 0.4) is 0 Å². The Morgan fingerprint density at radius 2 is 1.29 bits per heavy atom. The lowest BCUT2D eigenvalue weighted by Crippen LogP contribution is -2.44. The number of carbonyl (C=O) groups is 3. The van der Waals surface area contributed by atoms with E-state index < -0.39 is 41.8 Å². The summed E-state index contributed by atoms with van der Waals surface area (Å²) in [5.41, 5.74) is 2.36. The van der Waals surface area contributed by atoms with Crippen molar-refractivity contribution in [3.05, 3.63) is 71.3 Å². The van der Waals surface area contributed by atoms with Gasteiger partial charge in [-0.05, 0) is 16.7 Å². The van der Waals surface area contributed by atoms with Crippen LogP contribution < -0.4 is 0 Å². The highest BCUT2D eigenvalue weighted by molar-refractivity contribution is 5.85. The summed E-state index contributed by atoms with van der Waals surface area (Å²) in [5, 5.41) is 0. The molecule has 1 aliphatic rings. The summed E-state index contributed by atoms with van der Waals surface area (Å²) in [7, 11) is 2.53. The van der Waals surface area contributed by atoms with Crippen LogP contribution in [0, 0.1) is 11.8 Å². The van der Waals surface area contributed by atoms with Crippen LogP contribution in [0.4, 0.5) is 0 Å². The Hall–Kier alpha value is -3.15. The van der Waals surface area contributed by atoms with Crippen molar-refractivity contribution < 1.29 is 28.6 Å². The van der Waals surface area contributed by atoms with Gasteiger partial charge in [0.2, 0.25) is 0 Å². The number of benzene rings is 2. The van der Waals surface area contributed by atoms with Gasteiger partial charge in [0.1, 0.15) is 12.0 Å². The van der Waals surface area contributed by atoms with Crippen molar-refractivity contribution in [2.75, 3.05) is 14.2 Å². The van der Waals surface area contributed by atoms with Gasteiger partial charge in [-0.15, -0.1) is 0 Å². The average molecular weight is 382 g/mol. The summed E-state index contributed by atoms with van der Waals surface area (Å²) in [6, 6.07) is 16.8. The molecule has 0 radical (unpaired) electrons. The Morgan fingerprint density at radius 1 is 0.750 bits per heavy atom. The molecule has 6 nitrogen and oxygen atoms in total. The molecule has 146 valence electrons. The molecule has 2 aromatic rings. The zero-order valence-corrected chi connectivity index (χ0v) is 16.0. The van der Waals surface area contributed by atoms with Crippen LogP contribution >= 0.6 is 0 Å². The highest BCUT2D eigenvalue weighted by atomic mass is 16.6. The van der Waals surface area contributed by atoms with Crippen molar-refractivity contribution in [1.29, 1.82) is 0 Å². The van der Waals surface area contributed by atoms with Gasteiger partial charge in [0.25, 0.3) is 0 Å². The fourth-order valence-corrected chi connectivity index (χ4v) is 4.02. The molecule has 0 fully saturated rings. The zero-order valence-electron chi connectivity index (χ0n) is 16.0. The van der Waals surface area contributed by atoms with Crippen LogP contribution in [0.1, 0.15) is 35.6 Å². The number of rotatable bonds is 4. The van der Waals surface area contributed by atoms with Crippen molar-refractivity contribution >= 4 is 17.9 Å². The smallest absolute Gasteiger partial charge is 0.313 e. The molecule has 1 aliphatic carbocycles. The number of esters is 3. The maximum Gasteiger partial charge on any atom is 0.313 e. The van der Waals surface area contributed by atoms with Gasteiger partial charge in [0.15, 0.2) is 0 Å². The summed E-state index contributed by atoms with van der Waals surface area (Å²) in [4.78, 5) is 37.4. The van der Waals surface area contributed by atoms with Gasteiger partial charge in [0.05, 0.1) is 20.1 Å². The monoisotopic (exact) mass is 382 g/mol. The number of hydrogen-bond acceptors (Lipinski definition) is 6. The number of hydrogen-bond donors (Lipinski definition) is 0. The van der Waals surface area contributed by atoms with Crippen LogP contribution in [0.25, 0.3) is 0 Å². The molecular formula is C22H22O6. The summed E-state index contributed by atoms with van der Waals surface area (Å²) in [6.45, 7) is 1.27. The molecule has 4 atom stereocenters. The van der Waals surface area contributed by atoms with E-state index in [2.05, 4.69) is 0 Å². The van der Waals surface area contributed by atoms with Crippen LogP contribution in [0.15, 0.2) is 54.6 Å². The van der Waals surface area contributed by atoms with Crippen LogP contribution in [0.5, 0.6) is 0 Å². The van der Waals surface area contributed by atoms with Crippen LogP contribution in [-0.4, -0.2) is 32.1 Å². The van der Waals surface area contributed by atoms with Crippen LogP contribution in [0.2, 0.25) is 0 Å². The second-order valence-electron chi connectivity index (χ2n) is 6.65. The predicted octanol–water partition coefficient (Wildman–Crippen LogP) is 3.01. The van der Waals surface area contributed by atoms with E-state index in [1.54, 1.807) is 0 Å².